The fourth-order valence-electron chi connectivity index (χ4n) is 2.17. The standard InChI is InChI=1S/C17H16O3/c1-11-5-4-6-15(16(11)17(19)20-3)14-9-7-13(8-10-14)12(2)18/h4-10H,1-3H3. The zero-order chi connectivity index (χ0) is 14.7. The van der Waals surface area contributed by atoms with Crippen LogP contribution in [0.15, 0.2) is 42.5 Å². The van der Waals surface area contributed by atoms with Gasteiger partial charge in [0, 0.05) is 5.56 Å². The van der Waals surface area contributed by atoms with Crippen LogP contribution in [-0.2, 0) is 4.74 Å². The number of ether oxygens (including phenoxy) is 1. The van der Waals surface area contributed by atoms with E-state index in [0.29, 0.717) is 11.1 Å². The van der Waals surface area contributed by atoms with Gasteiger partial charge in [-0.3, -0.25) is 4.79 Å². The van der Waals surface area contributed by atoms with Crippen LogP contribution in [0.4, 0.5) is 0 Å². The summed E-state index contributed by atoms with van der Waals surface area (Å²) >= 11 is 0. The predicted molar refractivity (Wildman–Crippen MR) is 78.0 cm³/mol. The number of benzene rings is 2. The summed E-state index contributed by atoms with van der Waals surface area (Å²) in [6, 6.07) is 12.9. The van der Waals surface area contributed by atoms with Crippen LogP contribution in [0, 0.1) is 6.92 Å². The molecule has 2 aromatic rings. The van der Waals surface area contributed by atoms with Gasteiger partial charge in [0.15, 0.2) is 5.78 Å². The van der Waals surface area contributed by atoms with Crippen molar-refractivity contribution in [2.75, 3.05) is 7.11 Å². The number of Topliss-reactive ketones (excluding diaryl/α,β-unsaturated/α-hetero) is 1. The van der Waals surface area contributed by atoms with Gasteiger partial charge in [0.2, 0.25) is 0 Å². The van der Waals surface area contributed by atoms with Crippen molar-refractivity contribution in [3.05, 3.63) is 59.2 Å². The first kappa shape index (κ1) is 14.0. The van der Waals surface area contributed by atoms with E-state index in [1.807, 2.05) is 37.3 Å². The molecule has 0 spiro atoms. The summed E-state index contributed by atoms with van der Waals surface area (Å²) in [5, 5.41) is 0. The topological polar surface area (TPSA) is 43.4 Å². The van der Waals surface area contributed by atoms with Gasteiger partial charge in [-0.15, -0.1) is 0 Å². The third-order valence-electron chi connectivity index (χ3n) is 3.26. The third-order valence-corrected chi connectivity index (χ3v) is 3.26. The number of ketones is 1. The smallest absolute Gasteiger partial charge is 0.338 e. The molecule has 0 heterocycles. The molecule has 0 amide bonds. The van der Waals surface area contributed by atoms with Crippen molar-refractivity contribution in [1.82, 2.24) is 0 Å². The molecule has 2 aromatic carbocycles. The minimum absolute atomic E-state index is 0.0222. The van der Waals surface area contributed by atoms with E-state index >= 15 is 0 Å². The monoisotopic (exact) mass is 268 g/mol. The molecule has 0 bridgehead atoms. The summed E-state index contributed by atoms with van der Waals surface area (Å²) in [4.78, 5) is 23.2. The highest BCUT2D eigenvalue weighted by atomic mass is 16.5. The van der Waals surface area contributed by atoms with E-state index in [9.17, 15) is 9.59 Å². The van der Waals surface area contributed by atoms with Gasteiger partial charge >= 0.3 is 5.97 Å². The second-order valence-corrected chi connectivity index (χ2v) is 4.62. The summed E-state index contributed by atoms with van der Waals surface area (Å²) < 4.78 is 4.85. The molecule has 0 radical (unpaired) electrons. The molecule has 3 heteroatoms. The third kappa shape index (κ3) is 2.62. The Hall–Kier alpha value is -2.42. The molecule has 0 aliphatic rings. The number of carbonyl (C=O) groups is 2. The molecule has 2 rings (SSSR count). The van der Waals surface area contributed by atoms with Crippen molar-refractivity contribution in [3.63, 3.8) is 0 Å². The van der Waals surface area contributed by atoms with Gasteiger partial charge in [-0.2, -0.15) is 0 Å². The molecule has 0 aromatic heterocycles. The largest absolute Gasteiger partial charge is 0.465 e. The normalized spacial score (nSPS) is 10.2. The molecule has 0 N–H and O–H groups in total. The second kappa shape index (κ2) is 5.70. The van der Waals surface area contributed by atoms with Crippen LogP contribution >= 0.6 is 0 Å². The highest BCUT2D eigenvalue weighted by Crippen LogP contribution is 2.27. The molecule has 0 saturated heterocycles. The molecular formula is C17H16O3. The summed E-state index contributed by atoms with van der Waals surface area (Å²) in [5.74, 6) is -0.331. The van der Waals surface area contributed by atoms with Crippen LogP contribution in [0.3, 0.4) is 0 Å². The van der Waals surface area contributed by atoms with Gasteiger partial charge in [0.25, 0.3) is 0 Å². The summed E-state index contributed by atoms with van der Waals surface area (Å²) in [5.41, 5.74) is 3.78. The fourth-order valence-corrected chi connectivity index (χ4v) is 2.17. The van der Waals surface area contributed by atoms with E-state index in [0.717, 1.165) is 16.7 Å². The Morgan fingerprint density at radius 2 is 1.65 bits per heavy atom. The molecule has 20 heavy (non-hydrogen) atoms. The van der Waals surface area contributed by atoms with Gasteiger partial charge in [0.05, 0.1) is 12.7 Å². The molecule has 0 fully saturated rings. The number of esters is 1. The first-order valence-electron chi connectivity index (χ1n) is 6.34. The molecule has 102 valence electrons. The Labute approximate surface area is 118 Å². The van der Waals surface area contributed by atoms with E-state index in [1.165, 1.54) is 14.0 Å². The molecule has 0 saturated carbocycles. The Morgan fingerprint density at radius 3 is 2.20 bits per heavy atom. The number of hydrogen-bond acceptors (Lipinski definition) is 3. The summed E-state index contributed by atoms with van der Waals surface area (Å²) in [7, 11) is 1.37. The zero-order valence-electron chi connectivity index (χ0n) is 11.8. The lowest BCUT2D eigenvalue weighted by molar-refractivity contribution is 0.0600. The average Bonchev–Trinajstić information content (AvgIpc) is 2.46. The molecule has 0 aliphatic heterocycles. The average molecular weight is 268 g/mol. The molecule has 3 nitrogen and oxygen atoms in total. The van der Waals surface area contributed by atoms with E-state index < -0.39 is 0 Å². The zero-order valence-corrected chi connectivity index (χ0v) is 11.8. The van der Waals surface area contributed by atoms with E-state index in [2.05, 4.69) is 0 Å². The van der Waals surface area contributed by atoms with Crippen LogP contribution in [0.25, 0.3) is 11.1 Å². The molecule has 0 atom stereocenters. The van der Waals surface area contributed by atoms with E-state index in [4.69, 9.17) is 4.74 Å². The van der Waals surface area contributed by atoms with Crippen molar-refractivity contribution in [1.29, 1.82) is 0 Å². The van der Waals surface area contributed by atoms with Crippen molar-refractivity contribution >= 4 is 11.8 Å². The lowest BCUT2D eigenvalue weighted by Gasteiger charge is -2.11. The van der Waals surface area contributed by atoms with Crippen LogP contribution in [0.2, 0.25) is 0 Å². The van der Waals surface area contributed by atoms with Gasteiger partial charge in [-0.1, -0.05) is 42.5 Å². The number of rotatable bonds is 3. The Bertz CT molecular complexity index is 654. The predicted octanol–water partition coefficient (Wildman–Crippen LogP) is 3.65. The maximum absolute atomic E-state index is 11.9. The lowest BCUT2D eigenvalue weighted by atomic mass is 9.95. The van der Waals surface area contributed by atoms with Crippen molar-refractivity contribution in [2.45, 2.75) is 13.8 Å². The highest BCUT2D eigenvalue weighted by molar-refractivity contribution is 5.99. The Morgan fingerprint density at radius 1 is 1.00 bits per heavy atom. The van der Waals surface area contributed by atoms with Crippen LogP contribution in [0.1, 0.15) is 33.2 Å². The van der Waals surface area contributed by atoms with Gasteiger partial charge in [0.1, 0.15) is 0 Å². The second-order valence-electron chi connectivity index (χ2n) is 4.62. The van der Waals surface area contributed by atoms with Crippen molar-refractivity contribution < 1.29 is 14.3 Å². The van der Waals surface area contributed by atoms with Crippen LogP contribution < -0.4 is 0 Å². The Kier molecular flexibility index (Phi) is 3.99. The molecular weight excluding hydrogens is 252 g/mol. The number of methoxy groups -OCH3 is 1. The van der Waals surface area contributed by atoms with Crippen molar-refractivity contribution in [2.24, 2.45) is 0 Å². The SMILES string of the molecule is COC(=O)c1c(C)cccc1-c1ccc(C(C)=O)cc1. The maximum Gasteiger partial charge on any atom is 0.338 e. The lowest BCUT2D eigenvalue weighted by Crippen LogP contribution is -2.06. The number of hydrogen-bond donors (Lipinski definition) is 0. The number of aryl methyl sites for hydroxylation is 1. The minimum atomic E-state index is -0.353. The minimum Gasteiger partial charge on any atom is -0.465 e. The fraction of sp³-hybridized carbons (Fsp3) is 0.176. The summed E-state index contributed by atoms with van der Waals surface area (Å²) in [6.07, 6.45) is 0. The highest BCUT2D eigenvalue weighted by Gasteiger charge is 2.15. The van der Waals surface area contributed by atoms with E-state index in [1.54, 1.807) is 12.1 Å². The van der Waals surface area contributed by atoms with Gasteiger partial charge in [-0.05, 0) is 30.5 Å². The van der Waals surface area contributed by atoms with Crippen molar-refractivity contribution in [3.8, 4) is 11.1 Å². The number of carbonyl (C=O) groups excluding carboxylic acids is 2. The molecule has 0 aliphatic carbocycles. The van der Waals surface area contributed by atoms with E-state index in [-0.39, 0.29) is 11.8 Å². The Balaban J connectivity index is 2.55. The van der Waals surface area contributed by atoms with Crippen LogP contribution in [-0.4, -0.2) is 18.9 Å². The van der Waals surface area contributed by atoms with Gasteiger partial charge in [-0.25, -0.2) is 4.79 Å². The molecule has 0 unspecified atom stereocenters. The first-order chi connectivity index (χ1) is 9.54. The first-order valence-corrected chi connectivity index (χ1v) is 6.34. The van der Waals surface area contributed by atoms with Gasteiger partial charge < -0.3 is 4.74 Å². The van der Waals surface area contributed by atoms with Crippen LogP contribution in [0.5, 0.6) is 0 Å². The summed E-state index contributed by atoms with van der Waals surface area (Å²) in [6.45, 7) is 3.40. The quantitative estimate of drug-likeness (QED) is 0.630. The maximum atomic E-state index is 11.9.